The van der Waals surface area contributed by atoms with Gasteiger partial charge in [0.15, 0.2) is 0 Å². The number of aliphatic hydroxyl groups excluding tert-OH is 1. The minimum Gasteiger partial charge on any atom is -0.490 e. The van der Waals surface area contributed by atoms with Crippen molar-refractivity contribution < 1.29 is 14.7 Å². The molecule has 2 N–H and O–H groups in total. The molecule has 0 unspecified atom stereocenters. The molecular weight excluding hydrogens is 274 g/mol. The van der Waals surface area contributed by atoms with Crippen LogP contribution in [0.4, 0.5) is 0 Å². The summed E-state index contributed by atoms with van der Waals surface area (Å²) in [4.78, 5) is 1.53. The van der Waals surface area contributed by atoms with Gasteiger partial charge in [0.25, 0.3) is 0 Å². The Kier molecular flexibility index (Phi) is 6.71. The van der Waals surface area contributed by atoms with E-state index in [9.17, 15) is 5.11 Å². The van der Waals surface area contributed by atoms with E-state index in [0.29, 0.717) is 12.5 Å². The fourth-order valence-electron chi connectivity index (χ4n) is 3.25. The average Bonchev–Trinajstić information content (AvgIpc) is 2.73. The van der Waals surface area contributed by atoms with Gasteiger partial charge in [0.05, 0.1) is 13.1 Å². The van der Waals surface area contributed by atoms with Crippen molar-refractivity contribution in [1.29, 1.82) is 0 Å². The molecule has 1 aliphatic rings. The molecule has 0 aliphatic carbocycles. The van der Waals surface area contributed by atoms with Crippen molar-refractivity contribution in [3.05, 3.63) is 29.3 Å². The van der Waals surface area contributed by atoms with E-state index < -0.39 is 0 Å². The van der Waals surface area contributed by atoms with Crippen molar-refractivity contribution in [3.8, 4) is 5.75 Å². The van der Waals surface area contributed by atoms with Crippen LogP contribution >= 0.6 is 0 Å². The van der Waals surface area contributed by atoms with Gasteiger partial charge in [0, 0.05) is 0 Å². The van der Waals surface area contributed by atoms with Gasteiger partial charge in [-0.25, -0.2) is 0 Å². The summed E-state index contributed by atoms with van der Waals surface area (Å²) >= 11 is 0. The van der Waals surface area contributed by atoms with Crippen LogP contribution in [0.5, 0.6) is 5.75 Å². The highest BCUT2D eigenvalue weighted by atomic mass is 16.5. The van der Waals surface area contributed by atoms with Crippen molar-refractivity contribution in [1.82, 2.24) is 0 Å². The Morgan fingerprint density at radius 3 is 2.45 bits per heavy atom. The first kappa shape index (κ1) is 17.3. The van der Waals surface area contributed by atoms with E-state index >= 15 is 0 Å². The van der Waals surface area contributed by atoms with Crippen molar-refractivity contribution in [2.24, 2.45) is 0 Å². The van der Waals surface area contributed by atoms with Gasteiger partial charge in [-0.05, 0) is 55.7 Å². The first-order chi connectivity index (χ1) is 10.6. The number of nitrogens with one attached hydrogen (secondary N) is 1. The predicted molar refractivity (Wildman–Crippen MR) is 90.8 cm³/mol. The van der Waals surface area contributed by atoms with Gasteiger partial charge >= 0.3 is 0 Å². The van der Waals surface area contributed by atoms with Crippen molar-refractivity contribution >= 4 is 0 Å². The smallest absolute Gasteiger partial charge is 0.137 e. The summed E-state index contributed by atoms with van der Waals surface area (Å²) in [5.41, 5.74) is 2.42. The van der Waals surface area contributed by atoms with E-state index in [1.165, 1.54) is 54.8 Å². The molecule has 0 radical (unpaired) electrons. The molecule has 1 atom stereocenters. The summed E-state index contributed by atoms with van der Waals surface area (Å²) < 4.78 is 5.95. The summed E-state index contributed by atoms with van der Waals surface area (Å²) in [5.74, 6) is 1.36. The predicted octanol–water partition coefficient (Wildman–Crippen LogP) is 2.32. The van der Waals surface area contributed by atoms with Gasteiger partial charge in [0.1, 0.15) is 25.0 Å². The lowest BCUT2D eigenvalue weighted by molar-refractivity contribution is -0.902. The summed E-state index contributed by atoms with van der Waals surface area (Å²) in [6.07, 6.45) is 4.89. The Balaban J connectivity index is 1.87. The molecule has 2 rings (SSSR count). The normalized spacial score (nSPS) is 18.2. The highest BCUT2D eigenvalue weighted by Gasteiger charge is 2.18. The molecular formula is C19H32NO2+. The third kappa shape index (κ3) is 5.29. The molecule has 0 saturated carbocycles. The van der Waals surface area contributed by atoms with Crippen LogP contribution in [0, 0.1) is 6.92 Å². The molecule has 0 spiro atoms. The molecule has 0 amide bonds. The Hall–Kier alpha value is -1.06. The molecule has 3 heteroatoms. The lowest BCUT2D eigenvalue weighted by Crippen LogP contribution is -3.13. The Bertz CT molecular complexity index is 451. The molecule has 0 bridgehead atoms. The maximum atomic E-state index is 10.3. The van der Waals surface area contributed by atoms with Gasteiger partial charge in [-0.3, -0.25) is 0 Å². The van der Waals surface area contributed by atoms with Gasteiger partial charge in [-0.1, -0.05) is 26.0 Å². The zero-order valence-corrected chi connectivity index (χ0v) is 14.4. The monoisotopic (exact) mass is 306 g/mol. The zero-order chi connectivity index (χ0) is 15.9. The van der Waals surface area contributed by atoms with Crippen LogP contribution in [0.1, 0.15) is 56.6 Å². The van der Waals surface area contributed by atoms with Crippen LogP contribution in [-0.2, 0) is 0 Å². The van der Waals surface area contributed by atoms with Crippen LogP contribution in [0.15, 0.2) is 18.2 Å². The maximum absolute atomic E-state index is 10.3. The van der Waals surface area contributed by atoms with Gasteiger partial charge < -0.3 is 14.7 Å². The van der Waals surface area contributed by atoms with Crippen LogP contribution < -0.4 is 9.64 Å². The number of hydrogen-bond acceptors (Lipinski definition) is 2. The molecule has 1 aromatic carbocycles. The topological polar surface area (TPSA) is 33.9 Å². The van der Waals surface area contributed by atoms with Crippen LogP contribution in [0.2, 0.25) is 0 Å². The fraction of sp³-hybridized carbons (Fsp3) is 0.684. The maximum Gasteiger partial charge on any atom is 0.137 e. The largest absolute Gasteiger partial charge is 0.490 e. The molecule has 1 saturated heterocycles. The zero-order valence-electron chi connectivity index (χ0n) is 14.4. The van der Waals surface area contributed by atoms with Crippen molar-refractivity contribution in [3.63, 3.8) is 0 Å². The first-order valence-electron chi connectivity index (χ1n) is 8.81. The summed E-state index contributed by atoms with van der Waals surface area (Å²) in [6, 6.07) is 6.35. The van der Waals surface area contributed by atoms with E-state index in [1.54, 1.807) is 0 Å². The third-order valence-electron chi connectivity index (χ3n) is 4.56. The van der Waals surface area contributed by atoms with Gasteiger partial charge in [-0.15, -0.1) is 0 Å². The second-order valence-electron chi connectivity index (χ2n) is 7.03. The highest BCUT2D eigenvalue weighted by molar-refractivity contribution is 5.39. The number of benzene rings is 1. The van der Waals surface area contributed by atoms with Gasteiger partial charge in [-0.2, -0.15) is 0 Å². The minimum absolute atomic E-state index is 0.381. The number of ether oxygens (including phenoxy) is 1. The SMILES string of the molecule is Cc1ccc(C(C)C)c(OC[C@@H](O)C[NH+]2CCCCCC2)c1. The Morgan fingerprint density at radius 1 is 1.14 bits per heavy atom. The number of hydrogen-bond donors (Lipinski definition) is 2. The standard InChI is InChI=1S/C19H31NO2/c1-15(2)18-9-8-16(3)12-19(18)22-14-17(21)13-20-10-6-4-5-7-11-20/h8-9,12,15,17,21H,4-7,10-11,13-14H2,1-3H3/p+1/t17-/m0/s1. The first-order valence-corrected chi connectivity index (χ1v) is 8.81. The number of rotatable bonds is 6. The van der Waals surface area contributed by atoms with E-state index in [0.717, 1.165) is 12.3 Å². The van der Waals surface area contributed by atoms with Crippen LogP contribution in [0.25, 0.3) is 0 Å². The summed E-state index contributed by atoms with van der Waals surface area (Å²) in [7, 11) is 0. The molecule has 124 valence electrons. The Morgan fingerprint density at radius 2 is 1.82 bits per heavy atom. The van der Waals surface area contributed by atoms with E-state index in [4.69, 9.17) is 4.74 Å². The van der Waals surface area contributed by atoms with Crippen molar-refractivity contribution in [2.75, 3.05) is 26.2 Å². The lowest BCUT2D eigenvalue weighted by Gasteiger charge is -2.21. The van der Waals surface area contributed by atoms with Gasteiger partial charge in [0.2, 0.25) is 0 Å². The molecule has 22 heavy (non-hydrogen) atoms. The molecule has 1 fully saturated rings. The fourth-order valence-corrected chi connectivity index (χ4v) is 3.25. The molecule has 0 aromatic heterocycles. The number of quaternary nitrogens is 1. The van der Waals surface area contributed by atoms with Crippen LogP contribution in [0.3, 0.4) is 0 Å². The highest BCUT2D eigenvalue weighted by Crippen LogP contribution is 2.27. The molecule has 1 heterocycles. The van der Waals surface area contributed by atoms with Crippen LogP contribution in [-0.4, -0.2) is 37.5 Å². The summed E-state index contributed by atoms with van der Waals surface area (Å²) in [6.45, 7) is 10.0. The minimum atomic E-state index is -0.381. The third-order valence-corrected chi connectivity index (χ3v) is 4.56. The Labute approximate surface area is 135 Å². The second kappa shape index (κ2) is 8.54. The summed E-state index contributed by atoms with van der Waals surface area (Å²) in [5, 5.41) is 10.3. The molecule has 1 aliphatic heterocycles. The van der Waals surface area contributed by atoms with Crippen molar-refractivity contribution in [2.45, 2.75) is 58.5 Å². The second-order valence-corrected chi connectivity index (χ2v) is 7.03. The number of likely N-dealkylation sites (tertiary alicyclic amines) is 1. The van der Waals surface area contributed by atoms with E-state index in [-0.39, 0.29) is 6.10 Å². The quantitative estimate of drug-likeness (QED) is 0.846. The van der Waals surface area contributed by atoms with E-state index in [1.807, 2.05) is 0 Å². The number of aliphatic hydroxyl groups is 1. The number of aryl methyl sites for hydroxylation is 1. The lowest BCUT2D eigenvalue weighted by atomic mass is 10.0. The molecule has 3 nitrogen and oxygen atoms in total. The molecule has 1 aromatic rings. The average molecular weight is 306 g/mol. The van der Waals surface area contributed by atoms with E-state index in [2.05, 4.69) is 39.0 Å².